The molecule has 0 saturated heterocycles. The van der Waals surface area contributed by atoms with Crippen molar-refractivity contribution in [1.82, 2.24) is 0 Å². The maximum Gasteiger partial charge on any atom is 0.115 e. The van der Waals surface area contributed by atoms with Crippen molar-refractivity contribution in [1.29, 1.82) is 5.26 Å². The maximum absolute atomic E-state index is 10.1. The van der Waals surface area contributed by atoms with Crippen molar-refractivity contribution in [3.8, 4) is 11.8 Å². The van der Waals surface area contributed by atoms with E-state index in [1.807, 2.05) is 6.07 Å². The van der Waals surface area contributed by atoms with Gasteiger partial charge in [-0.3, -0.25) is 0 Å². The molecular formula is C15H13NO2. The molecule has 0 saturated carbocycles. The van der Waals surface area contributed by atoms with Gasteiger partial charge in [-0.1, -0.05) is 24.3 Å². The number of nitriles is 1. The lowest BCUT2D eigenvalue weighted by atomic mass is 10.00. The zero-order valence-electron chi connectivity index (χ0n) is 9.74. The molecule has 2 aromatic carbocycles. The van der Waals surface area contributed by atoms with E-state index in [0.29, 0.717) is 12.0 Å². The monoisotopic (exact) mass is 239 g/mol. The van der Waals surface area contributed by atoms with Crippen molar-refractivity contribution >= 4 is 0 Å². The number of nitrogens with zero attached hydrogens (tertiary/aromatic N) is 1. The zero-order chi connectivity index (χ0) is 13.0. The molecule has 0 amide bonds. The minimum Gasteiger partial charge on any atom is -0.508 e. The van der Waals surface area contributed by atoms with Gasteiger partial charge in [0.05, 0.1) is 17.7 Å². The highest BCUT2D eigenvalue weighted by Crippen LogP contribution is 2.20. The summed E-state index contributed by atoms with van der Waals surface area (Å²) in [5.41, 5.74) is 2.20. The van der Waals surface area contributed by atoms with E-state index in [-0.39, 0.29) is 5.75 Å². The van der Waals surface area contributed by atoms with Gasteiger partial charge in [0.15, 0.2) is 0 Å². The number of aromatic hydroxyl groups is 1. The second-order valence-corrected chi connectivity index (χ2v) is 4.12. The van der Waals surface area contributed by atoms with Crippen LogP contribution in [0.5, 0.6) is 5.75 Å². The topological polar surface area (TPSA) is 64.2 Å². The molecule has 3 heteroatoms. The van der Waals surface area contributed by atoms with Crippen molar-refractivity contribution in [3.05, 3.63) is 65.2 Å². The summed E-state index contributed by atoms with van der Waals surface area (Å²) in [6.45, 7) is 0. The normalized spacial score (nSPS) is 11.8. The zero-order valence-corrected chi connectivity index (χ0v) is 9.74. The predicted octanol–water partition coefficient (Wildman–Crippen LogP) is 2.54. The van der Waals surface area contributed by atoms with Gasteiger partial charge in [0.25, 0.3) is 0 Å². The Morgan fingerprint density at radius 1 is 1.11 bits per heavy atom. The second-order valence-electron chi connectivity index (χ2n) is 4.12. The summed E-state index contributed by atoms with van der Waals surface area (Å²) in [6.07, 6.45) is -0.197. The summed E-state index contributed by atoms with van der Waals surface area (Å²) in [5.74, 6) is 0.208. The van der Waals surface area contributed by atoms with E-state index in [9.17, 15) is 10.2 Å². The second kappa shape index (κ2) is 5.35. The Morgan fingerprint density at radius 2 is 1.83 bits per heavy atom. The number of rotatable bonds is 3. The Morgan fingerprint density at radius 3 is 2.50 bits per heavy atom. The number of benzene rings is 2. The Kier molecular flexibility index (Phi) is 3.61. The molecule has 90 valence electrons. The number of hydrogen-bond donors (Lipinski definition) is 2. The number of hydrogen-bond acceptors (Lipinski definition) is 3. The molecule has 0 bridgehead atoms. The first-order chi connectivity index (χ1) is 8.69. The van der Waals surface area contributed by atoms with Crippen molar-refractivity contribution in [2.45, 2.75) is 12.5 Å². The highest BCUT2D eigenvalue weighted by atomic mass is 16.3. The van der Waals surface area contributed by atoms with Crippen molar-refractivity contribution in [2.24, 2.45) is 0 Å². The average molecular weight is 239 g/mol. The standard InChI is InChI=1S/C15H13NO2/c16-10-12-2-1-3-13(8-12)15(18)9-11-4-6-14(17)7-5-11/h1-8,15,17-18H,9H2. The molecule has 18 heavy (non-hydrogen) atoms. The first kappa shape index (κ1) is 12.2. The Labute approximate surface area is 106 Å². The fourth-order valence-corrected chi connectivity index (χ4v) is 1.79. The smallest absolute Gasteiger partial charge is 0.115 e. The van der Waals surface area contributed by atoms with Gasteiger partial charge in [-0.05, 0) is 35.4 Å². The summed E-state index contributed by atoms with van der Waals surface area (Å²) in [6, 6.07) is 15.7. The number of aliphatic hydroxyl groups excluding tert-OH is 1. The average Bonchev–Trinajstić information content (AvgIpc) is 2.41. The molecule has 0 aromatic heterocycles. The molecule has 0 radical (unpaired) electrons. The Bertz CT molecular complexity index is 570. The quantitative estimate of drug-likeness (QED) is 0.865. The van der Waals surface area contributed by atoms with Crippen molar-refractivity contribution in [3.63, 3.8) is 0 Å². The first-order valence-electron chi connectivity index (χ1n) is 5.65. The Hall–Kier alpha value is -2.31. The SMILES string of the molecule is N#Cc1cccc(C(O)Cc2ccc(O)cc2)c1. The fourth-order valence-electron chi connectivity index (χ4n) is 1.79. The summed E-state index contributed by atoms with van der Waals surface area (Å²) >= 11 is 0. The first-order valence-corrected chi connectivity index (χ1v) is 5.65. The van der Waals surface area contributed by atoms with Crippen LogP contribution in [-0.2, 0) is 6.42 Å². The lowest BCUT2D eigenvalue weighted by Gasteiger charge is -2.11. The molecule has 2 aromatic rings. The van der Waals surface area contributed by atoms with Crippen LogP contribution in [0.4, 0.5) is 0 Å². The predicted molar refractivity (Wildman–Crippen MR) is 67.9 cm³/mol. The molecule has 1 atom stereocenters. The fraction of sp³-hybridized carbons (Fsp3) is 0.133. The Balaban J connectivity index is 2.14. The van der Waals surface area contributed by atoms with Crippen LogP contribution in [0.25, 0.3) is 0 Å². The van der Waals surface area contributed by atoms with E-state index < -0.39 is 6.10 Å². The lowest BCUT2D eigenvalue weighted by molar-refractivity contribution is 0.178. The van der Waals surface area contributed by atoms with Gasteiger partial charge in [-0.2, -0.15) is 5.26 Å². The molecular weight excluding hydrogens is 226 g/mol. The molecule has 3 nitrogen and oxygen atoms in total. The van der Waals surface area contributed by atoms with Gasteiger partial charge in [-0.25, -0.2) is 0 Å². The van der Waals surface area contributed by atoms with Gasteiger partial charge in [0.2, 0.25) is 0 Å². The van der Waals surface area contributed by atoms with Crippen LogP contribution in [0, 0.1) is 11.3 Å². The third-order valence-electron chi connectivity index (χ3n) is 2.77. The molecule has 0 spiro atoms. The largest absolute Gasteiger partial charge is 0.508 e. The van der Waals surface area contributed by atoms with Crippen LogP contribution in [0.2, 0.25) is 0 Å². The highest BCUT2D eigenvalue weighted by molar-refractivity contribution is 5.34. The molecule has 2 rings (SSSR count). The molecule has 0 aliphatic heterocycles. The van der Waals surface area contributed by atoms with Crippen LogP contribution in [0.3, 0.4) is 0 Å². The summed E-state index contributed by atoms with van der Waals surface area (Å²) in [5, 5.41) is 28.1. The number of phenolic OH excluding ortho intramolecular Hbond substituents is 1. The van der Waals surface area contributed by atoms with E-state index in [1.54, 1.807) is 48.5 Å². The highest BCUT2D eigenvalue weighted by Gasteiger charge is 2.09. The molecule has 0 fully saturated rings. The minimum atomic E-state index is -0.650. The van der Waals surface area contributed by atoms with E-state index >= 15 is 0 Å². The van der Waals surface area contributed by atoms with Crippen LogP contribution in [-0.4, -0.2) is 10.2 Å². The molecule has 0 heterocycles. The van der Waals surface area contributed by atoms with E-state index in [2.05, 4.69) is 0 Å². The van der Waals surface area contributed by atoms with Gasteiger partial charge >= 0.3 is 0 Å². The van der Waals surface area contributed by atoms with E-state index in [1.165, 1.54) is 0 Å². The third kappa shape index (κ3) is 2.88. The number of aliphatic hydroxyl groups is 1. The number of phenols is 1. The van der Waals surface area contributed by atoms with Gasteiger partial charge in [0.1, 0.15) is 5.75 Å². The van der Waals surface area contributed by atoms with Gasteiger partial charge < -0.3 is 10.2 Å². The van der Waals surface area contributed by atoms with Crippen LogP contribution >= 0.6 is 0 Å². The van der Waals surface area contributed by atoms with Gasteiger partial charge in [-0.15, -0.1) is 0 Å². The van der Waals surface area contributed by atoms with Crippen molar-refractivity contribution < 1.29 is 10.2 Å². The third-order valence-corrected chi connectivity index (χ3v) is 2.77. The molecule has 0 aliphatic carbocycles. The summed E-state index contributed by atoms with van der Waals surface area (Å²) in [4.78, 5) is 0. The van der Waals surface area contributed by atoms with Crippen molar-refractivity contribution in [2.75, 3.05) is 0 Å². The van der Waals surface area contributed by atoms with Crippen LogP contribution < -0.4 is 0 Å². The maximum atomic E-state index is 10.1. The van der Waals surface area contributed by atoms with Crippen LogP contribution in [0.15, 0.2) is 48.5 Å². The summed E-state index contributed by atoms with van der Waals surface area (Å²) in [7, 11) is 0. The molecule has 0 aliphatic rings. The minimum absolute atomic E-state index is 0.208. The molecule has 2 N–H and O–H groups in total. The molecule has 1 unspecified atom stereocenters. The van der Waals surface area contributed by atoms with Gasteiger partial charge in [0, 0.05) is 6.42 Å². The summed E-state index contributed by atoms with van der Waals surface area (Å²) < 4.78 is 0. The van der Waals surface area contributed by atoms with E-state index in [0.717, 1.165) is 11.1 Å². The lowest BCUT2D eigenvalue weighted by Crippen LogP contribution is -2.01. The van der Waals surface area contributed by atoms with Crippen LogP contribution in [0.1, 0.15) is 22.8 Å². The van der Waals surface area contributed by atoms with E-state index in [4.69, 9.17) is 5.26 Å².